The van der Waals surface area contributed by atoms with Crippen LogP contribution in [-0.4, -0.2) is 36.2 Å². The number of esters is 1. The summed E-state index contributed by atoms with van der Waals surface area (Å²) < 4.78 is 72.0. The lowest BCUT2D eigenvalue weighted by Crippen LogP contribution is -2.17. The second-order valence-electron chi connectivity index (χ2n) is 7.71. The minimum absolute atomic E-state index is 0.00927. The summed E-state index contributed by atoms with van der Waals surface area (Å²) in [7, 11) is -6.68. The SMILES string of the molecule is COC(=O)c1ccc(C2CC2)c(S(=O)(=O)Nc2cc(S(C)(=O)=O)ccc2-c2ccc(F)s2)c1. The molecule has 1 aromatic heterocycles. The molecule has 0 unspecified atom stereocenters. The van der Waals surface area contributed by atoms with Gasteiger partial charge in [-0.2, -0.15) is 4.39 Å². The van der Waals surface area contributed by atoms with Crippen LogP contribution in [0.15, 0.2) is 58.3 Å². The summed E-state index contributed by atoms with van der Waals surface area (Å²) in [5.41, 5.74) is 0.966. The van der Waals surface area contributed by atoms with Crippen LogP contribution >= 0.6 is 11.3 Å². The minimum Gasteiger partial charge on any atom is -0.465 e. The first-order valence-corrected chi connectivity index (χ1v) is 14.0. The van der Waals surface area contributed by atoms with E-state index in [0.29, 0.717) is 16.0 Å². The Morgan fingerprint density at radius 2 is 1.79 bits per heavy atom. The van der Waals surface area contributed by atoms with Crippen LogP contribution in [0.1, 0.15) is 34.7 Å². The van der Waals surface area contributed by atoms with Crippen molar-refractivity contribution in [3.05, 3.63) is 64.8 Å². The normalized spacial score (nSPS) is 14.2. The van der Waals surface area contributed by atoms with E-state index in [-0.39, 0.29) is 27.0 Å². The van der Waals surface area contributed by atoms with Crippen LogP contribution in [0.5, 0.6) is 0 Å². The lowest BCUT2D eigenvalue weighted by molar-refractivity contribution is 0.0600. The first-order valence-electron chi connectivity index (χ1n) is 9.84. The first kappa shape index (κ1) is 23.4. The van der Waals surface area contributed by atoms with E-state index in [4.69, 9.17) is 4.74 Å². The Labute approximate surface area is 195 Å². The molecule has 174 valence electrons. The molecule has 0 radical (unpaired) electrons. The van der Waals surface area contributed by atoms with Gasteiger partial charge in [0, 0.05) is 16.7 Å². The van der Waals surface area contributed by atoms with Crippen LogP contribution in [-0.2, 0) is 24.6 Å². The van der Waals surface area contributed by atoms with Gasteiger partial charge in [-0.05, 0) is 60.7 Å². The number of hydrogen-bond donors (Lipinski definition) is 1. The Bertz CT molecular complexity index is 1460. The van der Waals surface area contributed by atoms with Gasteiger partial charge < -0.3 is 4.74 Å². The molecule has 1 aliphatic rings. The van der Waals surface area contributed by atoms with Gasteiger partial charge in [-0.3, -0.25) is 4.72 Å². The molecular weight excluding hydrogens is 489 g/mol. The summed E-state index contributed by atoms with van der Waals surface area (Å²) in [6.45, 7) is 0. The maximum absolute atomic E-state index is 13.7. The van der Waals surface area contributed by atoms with Gasteiger partial charge in [0.1, 0.15) is 0 Å². The maximum atomic E-state index is 13.7. The van der Waals surface area contributed by atoms with E-state index in [0.717, 1.165) is 30.4 Å². The molecule has 1 heterocycles. The summed E-state index contributed by atoms with van der Waals surface area (Å²) in [5.74, 6) is -0.626. The Balaban J connectivity index is 1.85. The van der Waals surface area contributed by atoms with Crippen molar-refractivity contribution >= 4 is 42.9 Å². The molecule has 1 aliphatic carbocycles. The minimum atomic E-state index is -4.24. The number of sulfonamides is 1. The van der Waals surface area contributed by atoms with E-state index in [2.05, 4.69) is 4.72 Å². The van der Waals surface area contributed by atoms with Crippen molar-refractivity contribution in [2.24, 2.45) is 0 Å². The molecule has 1 N–H and O–H groups in total. The Morgan fingerprint density at radius 1 is 1.06 bits per heavy atom. The van der Waals surface area contributed by atoms with Crippen LogP contribution < -0.4 is 4.72 Å². The largest absolute Gasteiger partial charge is 0.465 e. The molecule has 0 amide bonds. The number of nitrogens with one attached hydrogen (secondary N) is 1. The van der Waals surface area contributed by atoms with E-state index in [1.165, 1.54) is 49.6 Å². The van der Waals surface area contributed by atoms with Gasteiger partial charge >= 0.3 is 5.97 Å². The lowest BCUT2D eigenvalue weighted by atomic mass is 10.1. The van der Waals surface area contributed by atoms with Gasteiger partial charge in [0.25, 0.3) is 10.0 Å². The van der Waals surface area contributed by atoms with Crippen LogP contribution in [0.4, 0.5) is 10.1 Å². The van der Waals surface area contributed by atoms with Crippen LogP contribution in [0.3, 0.4) is 0 Å². The zero-order chi connectivity index (χ0) is 24.0. The van der Waals surface area contributed by atoms with Gasteiger partial charge in [-0.15, -0.1) is 11.3 Å². The molecule has 33 heavy (non-hydrogen) atoms. The molecule has 0 atom stereocenters. The number of anilines is 1. The van der Waals surface area contributed by atoms with Crippen molar-refractivity contribution in [2.45, 2.75) is 28.6 Å². The molecule has 1 saturated carbocycles. The van der Waals surface area contributed by atoms with E-state index in [1.807, 2.05) is 0 Å². The van der Waals surface area contributed by atoms with Crippen molar-refractivity contribution in [1.82, 2.24) is 0 Å². The maximum Gasteiger partial charge on any atom is 0.337 e. The third-order valence-electron chi connectivity index (χ3n) is 5.24. The highest BCUT2D eigenvalue weighted by Crippen LogP contribution is 2.44. The molecule has 2 aromatic carbocycles. The zero-order valence-corrected chi connectivity index (χ0v) is 20.1. The van der Waals surface area contributed by atoms with Gasteiger partial charge in [-0.1, -0.05) is 12.1 Å². The van der Waals surface area contributed by atoms with E-state index >= 15 is 0 Å². The number of rotatable bonds is 7. The van der Waals surface area contributed by atoms with Gasteiger partial charge in [-0.25, -0.2) is 21.6 Å². The first-order chi connectivity index (χ1) is 15.5. The van der Waals surface area contributed by atoms with Crippen molar-refractivity contribution in [3.63, 3.8) is 0 Å². The highest BCUT2D eigenvalue weighted by atomic mass is 32.2. The molecule has 1 fully saturated rings. The topological polar surface area (TPSA) is 107 Å². The van der Waals surface area contributed by atoms with Gasteiger partial charge in [0.2, 0.25) is 0 Å². The fourth-order valence-corrected chi connectivity index (χ4v) is 6.27. The average Bonchev–Trinajstić information content (AvgIpc) is 3.52. The number of thiophene rings is 1. The fraction of sp³-hybridized carbons (Fsp3) is 0.227. The highest BCUT2D eigenvalue weighted by Gasteiger charge is 2.32. The highest BCUT2D eigenvalue weighted by molar-refractivity contribution is 7.92. The van der Waals surface area contributed by atoms with Crippen LogP contribution in [0, 0.1) is 5.13 Å². The van der Waals surface area contributed by atoms with Crippen molar-refractivity contribution in [3.8, 4) is 10.4 Å². The number of benzene rings is 2. The Morgan fingerprint density at radius 3 is 2.36 bits per heavy atom. The number of hydrogen-bond acceptors (Lipinski definition) is 7. The molecule has 3 aromatic rings. The summed E-state index contributed by atoms with van der Waals surface area (Å²) in [6.07, 6.45) is 2.66. The summed E-state index contributed by atoms with van der Waals surface area (Å²) in [5, 5.41) is -0.465. The average molecular weight is 510 g/mol. The summed E-state index contributed by atoms with van der Waals surface area (Å²) >= 11 is 0.805. The zero-order valence-electron chi connectivity index (χ0n) is 17.7. The quantitative estimate of drug-likeness (QED) is 0.473. The second kappa shape index (κ2) is 8.54. The van der Waals surface area contributed by atoms with E-state index in [9.17, 15) is 26.0 Å². The molecule has 0 aliphatic heterocycles. The number of ether oxygens (including phenoxy) is 1. The Kier molecular flexibility index (Phi) is 6.06. The third-order valence-corrected chi connectivity index (χ3v) is 8.68. The van der Waals surface area contributed by atoms with Crippen molar-refractivity contribution in [1.29, 1.82) is 0 Å². The van der Waals surface area contributed by atoms with Crippen LogP contribution in [0.25, 0.3) is 10.4 Å². The lowest BCUT2D eigenvalue weighted by Gasteiger charge is -2.16. The van der Waals surface area contributed by atoms with E-state index in [1.54, 1.807) is 6.07 Å². The summed E-state index contributed by atoms with van der Waals surface area (Å²) in [6, 6.07) is 11.1. The predicted molar refractivity (Wildman–Crippen MR) is 123 cm³/mol. The number of methoxy groups -OCH3 is 1. The van der Waals surface area contributed by atoms with Crippen molar-refractivity contribution in [2.75, 3.05) is 18.1 Å². The number of carbonyl (C=O) groups excluding carboxylic acids is 1. The van der Waals surface area contributed by atoms with Crippen molar-refractivity contribution < 1.29 is 30.8 Å². The molecular formula is C22H20FNO6S3. The molecule has 7 nitrogen and oxygen atoms in total. The number of carbonyl (C=O) groups is 1. The standard InChI is InChI=1S/C22H20FNO6S3/c1-30-22(25)14-5-7-16(13-3-4-13)20(11-14)33(28,29)24-18-12-15(32(2,26)27)6-8-17(18)19-9-10-21(23)31-19/h5-13,24H,3-4H2,1-2H3. The smallest absolute Gasteiger partial charge is 0.337 e. The second-order valence-corrected chi connectivity index (χ2v) is 12.4. The molecule has 4 rings (SSSR count). The number of sulfone groups is 1. The molecule has 0 spiro atoms. The fourth-order valence-electron chi connectivity index (χ4n) is 3.46. The molecule has 0 bridgehead atoms. The predicted octanol–water partition coefficient (Wildman–Crippen LogP) is 4.42. The van der Waals surface area contributed by atoms with E-state index < -0.39 is 31.0 Å². The molecule has 0 saturated heterocycles. The monoisotopic (exact) mass is 509 g/mol. The Hall–Kier alpha value is -2.76. The number of halogens is 1. The summed E-state index contributed by atoms with van der Waals surface area (Å²) in [4.78, 5) is 12.3. The molecule has 11 heteroatoms. The van der Waals surface area contributed by atoms with Gasteiger partial charge in [0.05, 0.1) is 28.2 Å². The van der Waals surface area contributed by atoms with Gasteiger partial charge in [0.15, 0.2) is 15.0 Å². The third kappa shape index (κ3) is 4.94. The van der Waals surface area contributed by atoms with Crippen LogP contribution in [0.2, 0.25) is 0 Å².